The Hall–Kier alpha value is -2.15. The van der Waals surface area contributed by atoms with Gasteiger partial charge in [-0.1, -0.05) is 18.6 Å². The van der Waals surface area contributed by atoms with Crippen molar-refractivity contribution in [2.75, 3.05) is 26.2 Å². The van der Waals surface area contributed by atoms with Gasteiger partial charge in [-0.05, 0) is 49.3 Å². The van der Waals surface area contributed by atoms with E-state index in [1.54, 1.807) is 4.90 Å². The van der Waals surface area contributed by atoms with Gasteiger partial charge < -0.3 is 15.3 Å². The molecule has 3 aliphatic rings. The van der Waals surface area contributed by atoms with Crippen LogP contribution < -0.4 is 5.32 Å². The third-order valence-electron chi connectivity index (χ3n) is 6.82. The van der Waals surface area contributed by atoms with Crippen LogP contribution in [-0.4, -0.2) is 59.1 Å². The Morgan fingerprint density at radius 1 is 1.18 bits per heavy atom. The number of carboxylic acid groups (broad SMARTS) is 1. The van der Waals surface area contributed by atoms with Crippen molar-refractivity contribution in [3.63, 3.8) is 0 Å². The molecule has 6 nitrogen and oxygen atoms in total. The lowest BCUT2D eigenvalue weighted by Gasteiger charge is -2.33. The number of carbonyl (C=O) groups is 2. The first kappa shape index (κ1) is 19.2. The van der Waals surface area contributed by atoms with Crippen molar-refractivity contribution in [3.05, 3.63) is 35.6 Å². The number of aliphatic carboxylic acids is 1. The predicted molar refractivity (Wildman–Crippen MR) is 102 cm³/mol. The van der Waals surface area contributed by atoms with Gasteiger partial charge in [0.25, 0.3) is 0 Å². The lowest BCUT2D eigenvalue weighted by Crippen LogP contribution is -2.49. The van der Waals surface area contributed by atoms with Gasteiger partial charge in [-0.15, -0.1) is 0 Å². The Balaban J connectivity index is 1.25. The summed E-state index contributed by atoms with van der Waals surface area (Å²) in [5, 5.41) is 12.8. The van der Waals surface area contributed by atoms with Gasteiger partial charge in [0.2, 0.25) is 0 Å². The van der Waals surface area contributed by atoms with Gasteiger partial charge in [-0.2, -0.15) is 0 Å². The van der Waals surface area contributed by atoms with Crippen LogP contribution in [-0.2, 0) is 11.3 Å². The standard InChI is InChI=1S/C21H28FN3O3/c22-17-5-3-15(4-6-17)12-24-10-7-18(8-11-24)23-20(28)25-13-16-2-1-9-21(16,14-25)19(26)27/h3-6,16,18H,1-2,7-14H2,(H,23,28)(H,26,27)/t16-,21+/m0/s1. The van der Waals surface area contributed by atoms with Crippen molar-refractivity contribution < 1.29 is 19.1 Å². The maximum Gasteiger partial charge on any atom is 0.317 e. The second-order valence-corrected chi connectivity index (χ2v) is 8.56. The van der Waals surface area contributed by atoms with E-state index in [-0.39, 0.29) is 23.8 Å². The Labute approximate surface area is 164 Å². The molecule has 152 valence electrons. The summed E-state index contributed by atoms with van der Waals surface area (Å²) in [6.07, 6.45) is 4.26. The molecule has 0 unspecified atom stereocenters. The summed E-state index contributed by atoms with van der Waals surface area (Å²) in [5.74, 6) is -0.881. The number of halogens is 1. The molecule has 3 fully saturated rings. The Kier molecular flexibility index (Phi) is 5.27. The van der Waals surface area contributed by atoms with Gasteiger partial charge in [0, 0.05) is 38.8 Å². The van der Waals surface area contributed by atoms with Crippen LogP contribution in [0.2, 0.25) is 0 Å². The molecule has 0 spiro atoms. The second kappa shape index (κ2) is 7.70. The molecule has 7 heteroatoms. The summed E-state index contributed by atoms with van der Waals surface area (Å²) in [5.41, 5.74) is 0.363. The molecule has 0 aromatic heterocycles. The molecule has 2 atom stereocenters. The molecule has 1 saturated carbocycles. The van der Waals surface area contributed by atoms with Crippen molar-refractivity contribution in [3.8, 4) is 0 Å². The number of hydrogen-bond acceptors (Lipinski definition) is 3. The van der Waals surface area contributed by atoms with Crippen molar-refractivity contribution in [1.29, 1.82) is 0 Å². The maximum atomic E-state index is 13.0. The molecule has 2 saturated heterocycles. The largest absolute Gasteiger partial charge is 0.481 e. The van der Waals surface area contributed by atoms with Crippen LogP contribution in [0, 0.1) is 17.2 Å². The molecule has 2 heterocycles. The molecule has 0 radical (unpaired) electrons. The quantitative estimate of drug-likeness (QED) is 0.831. The van der Waals surface area contributed by atoms with E-state index in [0.29, 0.717) is 19.5 Å². The Morgan fingerprint density at radius 2 is 1.89 bits per heavy atom. The molecule has 1 aliphatic carbocycles. The number of amides is 2. The van der Waals surface area contributed by atoms with Crippen LogP contribution in [0.1, 0.15) is 37.7 Å². The van der Waals surface area contributed by atoms with Crippen LogP contribution in [0.15, 0.2) is 24.3 Å². The van der Waals surface area contributed by atoms with Gasteiger partial charge in [0.1, 0.15) is 5.82 Å². The second-order valence-electron chi connectivity index (χ2n) is 8.56. The number of nitrogens with one attached hydrogen (secondary N) is 1. The number of carbonyl (C=O) groups excluding carboxylic acids is 1. The zero-order chi connectivity index (χ0) is 19.7. The maximum absolute atomic E-state index is 13.0. The summed E-state index contributed by atoms with van der Waals surface area (Å²) < 4.78 is 13.0. The number of fused-ring (bicyclic) bond motifs is 1. The van der Waals surface area contributed by atoms with Crippen LogP contribution in [0.4, 0.5) is 9.18 Å². The fourth-order valence-electron chi connectivity index (χ4n) is 5.14. The van der Waals surface area contributed by atoms with E-state index in [1.165, 1.54) is 12.1 Å². The summed E-state index contributed by atoms with van der Waals surface area (Å²) in [7, 11) is 0. The molecule has 0 bridgehead atoms. The van der Waals surface area contributed by atoms with E-state index in [4.69, 9.17) is 0 Å². The van der Waals surface area contributed by atoms with Crippen LogP contribution >= 0.6 is 0 Å². The van der Waals surface area contributed by atoms with Gasteiger partial charge in [0.05, 0.1) is 5.41 Å². The highest BCUT2D eigenvalue weighted by Crippen LogP contribution is 2.48. The smallest absolute Gasteiger partial charge is 0.317 e. The minimum atomic E-state index is -0.751. The molecular formula is C21H28FN3O3. The molecule has 28 heavy (non-hydrogen) atoms. The first-order chi connectivity index (χ1) is 13.5. The van der Waals surface area contributed by atoms with E-state index in [0.717, 1.165) is 50.9 Å². The number of likely N-dealkylation sites (tertiary alicyclic amines) is 2. The fourth-order valence-corrected chi connectivity index (χ4v) is 5.14. The highest BCUT2D eigenvalue weighted by Gasteiger charge is 2.55. The summed E-state index contributed by atoms with van der Waals surface area (Å²) >= 11 is 0. The lowest BCUT2D eigenvalue weighted by molar-refractivity contribution is -0.149. The zero-order valence-corrected chi connectivity index (χ0v) is 16.1. The predicted octanol–water partition coefficient (Wildman–Crippen LogP) is 2.69. The van der Waals surface area contributed by atoms with Crippen molar-refractivity contribution >= 4 is 12.0 Å². The van der Waals surface area contributed by atoms with E-state index >= 15 is 0 Å². The summed E-state index contributed by atoms with van der Waals surface area (Å²) in [4.78, 5) is 28.5. The number of hydrogen-bond donors (Lipinski definition) is 2. The summed E-state index contributed by atoms with van der Waals surface area (Å²) in [6, 6.07) is 6.59. The van der Waals surface area contributed by atoms with Gasteiger partial charge >= 0.3 is 12.0 Å². The van der Waals surface area contributed by atoms with Crippen molar-refractivity contribution in [2.24, 2.45) is 11.3 Å². The first-order valence-electron chi connectivity index (χ1n) is 10.2. The average Bonchev–Trinajstić information content (AvgIpc) is 3.24. The number of carboxylic acids is 1. The topological polar surface area (TPSA) is 72.9 Å². The lowest BCUT2D eigenvalue weighted by atomic mass is 9.81. The van der Waals surface area contributed by atoms with Crippen LogP contribution in [0.25, 0.3) is 0 Å². The van der Waals surface area contributed by atoms with Gasteiger partial charge in [-0.3, -0.25) is 9.69 Å². The zero-order valence-electron chi connectivity index (χ0n) is 16.1. The fraction of sp³-hybridized carbons (Fsp3) is 0.619. The first-order valence-corrected chi connectivity index (χ1v) is 10.2. The SMILES string of the molecule is O=C(NC1CCN(Cc2ccc(F)cc2)CC1)N1C[C@@H]2CCC[C@@]2(C(=O)O)C1. The van der Waals surface area contributed by atoms with Gasteiger partial charge in [-0.25, -0.2) is 9.18 Å². The van der Waals surface area contributed by atoms with E-state index < -0.39 is 11.4 Å². The third-order valence-corrected chi connectivity index (χ3v) is 6.82. The number of rotatable bonds is 4. The van der Waals surface area contributed by atoms with Crippen molar-refractivity contribution in [1.82, 2.24) is 15.1 Å². The van der Waals surface area contributed by atoms with Gasteiger partial charge in [0.15, 0.2) is 0 Å². The molecule has 2 N–H and O–H groups in total. The Morgan fingerprint density at radius 3 is 2.54 bits per heavy atom. The van der Waals surface area contributed by atoms with E-state index in [9.17, 15) is 19.1 Å². The number of nitrogens with zero attached hydrogens (tertiary/aromatic N) is 2. The monoisotopic (exact) mass is 389 g/mol. The van der Waals surface area contributed by atoms with E-state index in [2.05, 4.69) is 10.2 Å². The molecule has 2 amide bonds. The van der Waals surface area contributed by atoms with Crippen LogP contribution in [0.3, 0.4) is 0 Å². The molecule has 4 rings (SSSR count). The third kappa shape index (κ3) is 3.72. The Bertz CT molecular complexity index is 733. The number of piperidine rings is 1. The molecular weight excluding hydrogens is 361 g/mol. The van der Waals surface area contributed by atoms with Crippen LogP contribution in [0.5, 0.6) is 0 Å². The number of urea groups is 1. The minimum Gasteiger partial charge on any atom is -0.481 e. The minimum absolute atomic E-state index is 0.0910. The average molecular weight is 389 g/mol. The molecule has 2 aliphatic heterocycles. The number of benzene rings is 1. The highest BCUT2D eigenvalue weighted by molar-refractivity contribution is 5.80. The van der Waals surface area contributed by atoms with E-state index in [1.807, 2.05) is 12.1 Å². The summed E-state index contributed by atoms with van der Waals surface area (Å²) in [6.45, 7) is 3.44. The highest BCUT2D eigenvalue weighted by atomic mass is 19.1. The molecule has 1 aromatic rings. The molecule has 1 aromatic carbocycles. The van der Waals surface area contributed by atoms with Crippen molar-refractivity contribution in [2.45, 2.75) is 44.7 Å². The normalized spacial score (nSPS) is 28.3.